The van der Waals surface area contributed by atoms with Gasteiger partial charge in [-0.15, -0.1) is 0 Å². The van der Waals surface area contributed by atoms with E-state index in [1.807, 2.05) is 0 Å². The van der Waals surface area contributed by atoms with Crippen molar-refractivity contribution in [1.82, 2.24) is 5.32 Å². The summed E-state index contributed by atoms with van der Waals surface area (Å²) in [5, 5.41) is 3.45. The van der Waals surface area contributed by atoms with Crippen molar-refractivity contribution in [3.05, 3.63) is 0 Å². The maximum atomic E-state index is 6.01. The lowest BCUT2D eigenvalue weighted by Gasteiger charge is -2.38. The molecule has 1 aliphatic rings. The first kappa shape index (κ1) is 12.0. The molecule has 84 valence electrons. The highest BCUT2D eigenvalue weighted by Gasteiger charge is 2.31. The minimum absolute atomic E-state index is 0.369. The van der Waals surface area contributed by atoms with Crippen LogP contribution in [0.1, 0.15) is 34.6 Å². The standard InChI is InChI=1S/C12H25NO/c1-8(2)12(9(3)4)11-7-13-6-10(5)14-11/h8-13H,6-7H2,1-5H3. The molecule has 2 atom stereocenters. The Labute approximate surface area is 88.4 Å². The van der Waals surface area contributed by atoms with E-state index in [2.05, 4.69) is 39.9 Å². The van der Waals surface area contributed by atoms with Crippen molar-refractivity contribution in [3.63, 3.8) is 0 Å². The lowest BCUT2D eigenvalue weighted by molar-refractivity contribution is -0.0776. The zero-order valence-electron chi connectivity index (χ0n) is 10.2. The van der Waals surface area contributed by atoms with Crippen molar-refractivity contribution < 1.29 is 4.74 Å². The van der Waals surface area contributed by atoms with Gasteiger partial charge in [-0.25, -0.2) is 0 Å². The molecule has 2 unspecified atom stereocenters. The molecule has 1 aliphatic heterocycles. The second-order valence-corrected chi connectivity index (χ2v) is 5.21. The first-order valence-electron chi connectivity index (χ1n) is 5.88. The van der Waals surface area contributed by atoms with Gasteiger partial charge < -0.3 is 10.1 Å². The molecule has 0 bridgehead atoms. The van der Waals surface area contributed by atoms with Gasteiger partial charge >= 0.3 is 0 Å². The van der Waals surface area contributed by atoms with Crippen molar-refractivity contribution in [2.45, 2.75) is 46.8 Å². The Balaban J connectivity index is 2.58. The van der Waals surface area contributed by atoms with Crippen molar-refractivity contribution in [3.8, 4) is 0 Å². The third-order valence-corrected chi connectivity index (χ3v) is 3.15. The minimum atomic E-state index is 0.369. The highest BCUT2D eigenvalue weighted by molar-refractivity contribution is 4.82. The first-order chi connectivity index (χ1) is 6.52. The average molecular weight is 199 g/mol. The Morgan fingerprint density at radius 2 is 1.64 bits per heavy atom. The third-order valence-electron chi connectivity index (χ3n) is 3.15. The molecule has 14 heavy (non-hydrogen) atoms. The fourth-order valence-corrected chi connectivity index (χ4v) is 2.68. The van der Waals surface area contributed by atoms with Crippen LogP contribution in [0.25, 0.3) is 0 Å². The van der Waals surface area contributed by atoms with Crippen LogP contribution in [-0.4, -0.2) is 25.3 Å². The second-order valence-electron chi connectivity index (χ2n) is 5.21. The van der Waals surface area contributed by atoms with Crippen LogP contribution in [0.4, 0.5) is 0 Å². The maximum Gasteiger partial charge on any atom is 0.0736 e. The van der Waals surface area contributed by atoms with Gasteiger partial charge in [0.1, 0.15) is 0 Å². The summed E-state index contributed by atoms with van der Waals surface area (Å²) in [6, 6.07) is 0. The second kappa shape index (κ2) is 5.13. The van der Waals surface area contributed by atoms with Crippen molar-refractivity contribution in [2.24, 2.45) is 17.8 Å². The molecule has 0 saturated carbocycles. The molecule has 0 amide bonds. The Kier molecular flexibility index (Phi) is 4.39. The largest absolute Gasteiger partial charge is 0.372 e. The molecule has 2 heteroatoms. The van der Waals surface area contributed by atoms with Gasteiger partial charge in [0, 0.05) is 13.1 Å². The number of hydrogen-bond acceptors (Lipinski definition) is 2. The van der Waals surface area contributed by atoms with Crippen LogP contribution >= 0.6 is 0 Å². The van der Waals surface area contributed by atoms with E-state index < -0.39 is 0 Å². The van der Waals surface area contributed by atoms with E-state index in [0.29, 0.717) is 30.0 Å². The van der Waals surface area contributed by atoms with Crippen LogP contribution in [0.2, 0.25) is 0 Å². The van der Waals surface area contributed by atoms with Crippen molar-refractivity contribution >= 4 is 0 Å². The van der Waals surface area contributed by atoms with Crippen LogP contribution < -0.4 is 5.32 Å². The molecule has 0 aromatic heterocycles. The molecular weight excluding hydrogens is 174 g/mol. The molecule has 1 heterocycles. The molecular formula is C12H25NO. The SMILES string of the molecule is CC1CNCC(C(C(C)C)C(C)C)O1. The molecule has 0 radical (unpaired) electrons. The molecule has 0 aliphatic carbocycles. The van der Waals surface area contributed by atoms with Crippen molar-refractivity contribution in [2.75, 3.05) is 13.1 Å². The number of morpholine rings is 1. The Bertz CT molecular complexity index is 160. The van der Waals surface area contributed by atoms with E-state index in [9.17, 15) is 0 Å². The van der Waals surface area contributed by atoms with Gasteiger partial charge in [-0.2, -0.15) is 0 Å². The van der Waals surface area contributed by atoms with Gasteiger partial charge in [0.25, 0.3) is 0 Å². The van der Waals surface area contributed by atoms with Crippen LogP contribution in [0.15, 0.2) is 0 Å². The Morgan fingerprint density at radius 1 is 1.07 bits per heavy atom. The maximum absolute atomic E-state index is 6.01. The minimum Gasteiger partial charge on any atom is -0.372 e. The summed E-state index contributed by atoms with van der Waals surface area (Å²) in [6.45, 7) is 13.4. The van der Waals surface area contributed by atoms with Crippen molar-refractivity contribution in [1.29, 1.82) is 0 Å². The van der Waals surface area contributed by atoms with Gasteiger partial charge in [-0.3, -0.25) is 0 Å². The first-order valence-corrected chi connectivity index (χ1v) is 5.88. The Hall–Kier alpha value is -0.0800. The highest BCUT2D eigenvalue weighted by Crippen LogP contribution is 2.27. The molecule has 0 aromatic rings. The lowest BCUT2D eigenvalue weighted by atomic mass is 9.80. The lowest BCUT2D eigenvalue weighted by Crippen LogP contribution is -2.49. The topological polar surface area (TPSA) is 21.3 Å². The predicted molar refractivity (Wildman–Crippen MR) is 60.4 cm³/mol. The van der Waals surface area contributed by atoms with E-state index in [0.717, 1.165) is 13.1 Å². The zero-order chi connectivity index (χ0) is 10.7. The molecule has 1 saturated heterocycles. The van der Waals surface area contributed by atoms with E-state index >= 15 is 0 Å². The quantitative estimate of drug-likeness (QED) is 0.753. The number of hydrogen-bond donors (Lipinski definition) is 1. The predicted octanol–water partition coefficient (Wildman–Crippen LogP) is 2.29. The highest BCUT2D eigenvalue weighted by atomic mass is 16.5. The van der Waals surface area contributed by atoms with Crippen LogP contribution in [0.3, 0.4) is 0 Å². The molecule has 0 spiro atoms. The summed E-state index contributed by atoms with van der Waals surface area (Å²) >= 11 is 0. The summed E-state index contributed by atoms with van der Waals surface area (Å²) in [7, 11) is 0. The summed E-state index contributed by atoms with van der Waals surface area (Å²) in [5.41, 5.74) is 0. The van der Waals surface area contributed by atoms with Gasteiger partial charge in [-0.1, -0.05) is 27.7 Å². The van der Waals surface area contributed by atoms with E-state index in [-0.39, 0.29) is 0 Å². The smallest absolute Gasteiger partial charge is 0.0736 e. The van der Waals surface area contributed by atoms with Gasteiger partial charge in [0.15, 0.2) is 0 Å². The summed E-state index contributed by atoms with van der Waals surface area (Å²) in [6.07, 6.45) is 0.771. The van der Waals surface area contributed by atoms with Crippen LogP contribution in [-0.2, 0) is 4.74 Å². The number of ether oxygens (including phenoxy) is 1. The van der Waals surface area contributed by atoms with Gasteiger partial charge in [-0.05, 0) is 24.7 Å². The molecule has 1 fully saturated rings. The summed E-state index contributed by atoms with van der Waals surface area (Å²) in [5.74, 6) is 2.07. The van der Waals surface area contributed by atoms with Crippen LogP contribution in [0.5, 0.6) is 0 Å². The monoisotopic (exact) mass is 199 g/mol. The van der Waals surface area contributed by atoms with Gasteiger partial charge in [0.05, 0.1) is 12.2 Å². The third kappa shape index (κ3) is 2.96. The molecule has 0 aromatic carbocycles. The normalized spacial score (nSPS) is 29.1. The summed E-state index contributed by atoms with van der Waals surface area (Å²) in [4.78, 5) is 0. The van der Waals surface area contributed by atoms with Gasteiger partial charge in [0.2, 0.25) is 0 Å². The van der Waals surface area contributed by atoms with E-state index in [4.69, 9.17) is 4.74 Å². The fourth-order valence-electron chi connectivity index (χ4n) is 2.68. The van der Waals surface area contributed by atoms with Crippen LogP contribution in [0, 0.1) is 17.8 Å². The number of rotatable bonds is 3. The molecule has 1 rings (SSSR count). The summed E-state index contributed by atoms with van der Waals surface area (Å²) < 4.78 is 6.01. The number of nitrogens with one attached hydrogen (secondary N) is 1. The Morgan fingerprint density at radius 3 is 2.07 bits per heavy atom. The van der Waals surface area contributed by atoms with E-state index in [1.165, 1.54) is 0 Å². The fraction of sp³-hybridized carbons (Fsp3) is 1.00. The van der Waals surface area contributed by atoms with E-state index in [1.54, 1.807) is 0 Å². The molecule has 1 N–H and O–H groups in total. The zero-order valence-corrected chi connectivity index (χ0v) is 10.2. The molecule has 2 nitrogen and oxygen atoms in total. The average Bonchev–Trinajstić information content (AvgIpc) is 2.02.